The Kier molecular flexibility index (Phi) is 6.92. The molecular formula is C22H27N5O6S. The number of nitrogens with zero attached hydrogens (tertiary/aromatic N) is 4. The van der Waals surface area contributed by atoms with Crippen LogP contribution >= 0.6 is 11.3 Å². The third-order valence-corrected chi connectivity index (χ3v) is 5.01. The molecule has 0 saturated heterocycles. The molecule has 3 rings (SSSR count). The molecule has 0 bridgehead atoms. The van der Waals surface area contributed by atoms with Crippen molar-refractivity contribution in [1.82, 2.24) is 24.9 Å². The van der Waals surface area contributed by atoms with Crippen LogP contribution in [-0.2, 0) is 20.7 Å². The second-order valence-corrected chi connectivity index (χ2v) is 10.5. The lowest BCUT2D eigenvalue weighted by Gasteiger charge is -2.26. The maximum absolute atomic E-state index is 12.8. The zero-order valence-electron chi connectivity index (χ0n) is 19.8. The molecule has 0 aliphatic rings. The molecule has 3 heterocycles. The lowest BCUT2D eigenvalue weighted by Crippen LogP contribution is -2.47. The SMILES string of the molecule is CC(C)(C)OC(=O)N[C@@H](Cc1nc(-c2cnc3cc(C(=O)O)nn3c2)cs1)C(=O)OC(C)(C)C. The minimum atomic E-state index is -1.14. The van der Waals surface area contributed by atoms with Crippen LogP contribution in [0.4, 0.5) is 4.79 Å². The van der Waals surface area contributed by atoms with E-state index < -0.39 is 35.3 Å². The average Bonchev–Trinajstić information content (AvgIpc) is 3.30. The molecule has 1 atom stereocenters. The molecule has 0 radical (unpaired) electrons. The fourth-order valence-corrected chi connectivity index (χ4v) is 3.69. The highest BCUT2D eigenvalue weighted by Crippen LogP contribution is 2.23. The third kappa shape index (κ3) is 6.73. The summed E-state index contributed by atoms with van der Waals surface area (Å²) in [7, 11) is 0. The van der Waals surface area contributed by atoms with Crippen LogP contribution in [0.15, 0.2) is 23.8 Å². The van der Waals surface area contributed by atoms with Crippen molar-refractivity contribution in [2.75, 3.05) is 0 Å². The maximum Gasteiger partial charge on any atom is 0.408 e. The number of carbonyl (C=O) groups excluding carboxylic acids is 2. The second-order valence-electron chi connectivity index (χ2n) is 9.54. The highest BCUT2D eigenvalue weighted by atomic mass is 32.1. The van der Waals surface area contributed by atoms with Crippen LogP contribution in [0.1, 0.15) is 57.0 Å². The zero-order chi connectivity index (χ0) is 25.3. The van der Waals surface area contributed by atoms with Gasteiger partial charge in [-0.2, -0.15) is 5.10 Å². The zero-order valence-corrected chi connectivity index (χ0v) is 20.6. The van der Waals surface area contributed by atoms with Gasteiger partial charge in [0.2, 0.25) is 0 Å². The number of alkyl carbamates (subject to hydrolysis) is 1. The molecule has 12 heteroatoms. The Morgan fingerprint density at radius 3 is 2.44 bits per heavy atom. The van der Waals surface area contributed by atoms with E-state index in [1.54, 1.807) is 59.3 Å². The van der Waals surface area contributed by atoms with Crippen molar-refractivity contribution in [2.45, 2.75) is 65.2 Å². The van der Waals surface area contributed by atoms with Gasteiger partial charge in [-0.3, -0.25) is 0 Å². The lowest BCUT2D eigenvalue weighted by molar-refractivity contribution is -0.157. The number of carboxylic acid groups (broad SMARTS) is 1. The summed E-state index contributed by atoms with van der Waals surface area (Å²) in [5.41, 5.74) is -0.0000780. The number of thiazole rings is 1. The van der Waals surface area contributed by atoms with Gasteiger partial charge in [-0.1, -0.05) is 0 Å². The fourth-order valence-electron chi connectivity index (χ4n) is 2.84. The average molecular weight is 490 g/mol. The molecule has 0 spiro atoms. The van der Waals surface area contributed by atoms with Gasteiger partial charge in [-0.05, 0) is 41.5 Å². The largest absolute Gasteiger partial charge is 0.476 e. The van der Waals surface area contributed by atoms with Crippen LogP contribution in [0.25, 0.3) is 16.9 Å². The predicted molar refractivity (Wildman–Crippen MR) is 124 cm³/mol. The summed E-state index contributed by atoms with van der Waals surface area (Å²) in [4.78, 5) is 45.0. The van der Waals surface area contributed by atoms with Gasteiger partial charge in [0.15, 0.2) is 11.3 Å². The maximum atomic E-state index is 12.8. The van der Waals surface area contributed by atoms with E-state index in [0.717, 1.165) is 0 Å². The molecule has 2 N–H and O–H groups in total. The molecule has 3 aromatic rings. The van der Waals surface area contributed by atoms with Gasteiger partial charge in [0.25, 0.3) is 0 Å². The summed E-state index contributed by atoms with van der Waals surface area (Å²) in [6, 6.07) is 0.365. The van der Waals surface area contributed by atoms with E-state index in [1.807, 2.05) is 0 Å². The molecule has 0 aromatic carbocycles. The van der Waals surface area contributed by atoms with Gasteiger partial charge in [-0.15, -0.1) is 11.3 Å². The van der Waals surface area contributed by atoms with Gasteiger partial charge >= 0.3 is 18.0 Å². The molecular weight excluding hydrogens is 462 g/mol. The van der Waals surface area contributed by atoms with Gasteiger partial charge < -0.3 is 19.9 Å². The third-order valence-electron chi connectivity index (χ3n) is 4.14. The Morgan fingerprint density at radius 1 is 1.15 bits per heavy atom. The molecule has 3 aromatic heterocycles. The van der Waals surface area contributed by atoms with Gasteiger partial charge in [0, 0.05) is 35.8 Å². The van der Waals surface area contributed by atoms with E-state index in [4.69, 9.17) is 14.6 Å². The molecule has 0 aliphatic heterocycles. The van der Waals surface area contributed by atoms with E-state index >= 15 is 0 Å². The number of hydrogen-bond acceptors (Lipinski definition) is 9. The number of esters is 1. The number of nitrogens with one attached hydrogen (secondary N) is 1. The number of carbonyl (C=O) groups is 3. The number of ether oxygens (including phenoxy) is 2. The minimum Gasteiger partial charge on any atom is -0.476 e. The Bertz CT molecular complexity index is 1220. The molecule has 0 aliphatic carbocycles. The first-order chi connectivity index (χ1) is 15.7. The number of hydrogen-bond donors (Lipinski definition) is 2. The van der Waals surface area contributed by atoms with Crippen molar-refractivity contribution in [1.29, 1.82) is 0 Å². The summed E-state index contributed by atoms with van der Waals surface area (Å²) >= 11 is 1.30. The number of aromatic nitrogens is 4. The highest BCUT2D eigenvalue weighted by Gasteiger charge is 2.30. The van der Waals surface area contributed by atoms with Crippen LogP contribution in [0.2, 0.25) is 0 Å². The number of carboxylic acids is 1. The van der Waals surface area contributed by atoms with Crippen LogP contribution in [0, 0.1) is 0 Å². The Labute approximate surface area is 200 Å². The number of fused-ring (bicyclic) bond motifs is 1. The standard InChI is InChI=1S/C22H27N5O6S/c1-21(2,3)32-19(30)14(25-20(31)33-22(4,5)6)8-17-24-15(11-34-17)12-9-23-16-7-13(18(28)29)26-27(16)10-12/h7,9-11,14H,8H2,1-6H3,(H,25,31)(H,28,29)/t14-/m0/s1. The van der Waals surface area contributed by atoms with E-state index in [9.17, 15) is 14.4 Å². The highest BCUT2D eigenvalue weighted by molar-refractivity contribution is 7.10. The van der Waals surface area contributed by atoms with Crippen LogP contribution in [-0.4, -0.2) is 60.0 Å². The van der Waals surface area contributed by atoms with E-state index in [0.29, 0.717) is 21.9 Å². The van der Waals surface area contributed by atoms with Crippen LogP contribution in [0.5, 0.6) is 0 Å². The number of aromatic carboxylic acids is 1. The van der Waals surface area contributed by atoms with Gasteiger partial charge in [-0.25, -0.2) is 28.9 Å². The molecule has 0 fully saturated rings. The van der Waals surface area contributed by atoms with Crippen molar-refractivity contribution in [3.63, 3.8) is 0 Å². The summed E-state index contributed by atoms with van der Waals surface area (Å²) < 4.78 is 12.1. The van der Waals surface area contributed by atoms with Crippen molar-refractivity contribution in [2.24, 2.45) is 0 Å². The summed E-state index contributed by atoms with van der Waals surface area (Å²) in [6.45, 7) is 10.4. The second kappa shape index (κ2) is 9.37. The molecule has 11 nitrogen and oxygen atoms in total. The first-order valence-electron chi connectivity index (χ1n) is 10.5. The van der Waals surface area contributed by atoms with Crippen LogP contribution in [0.3, 0.4) is 0 Å². The molecule has 0 unspecified atom stereocenters. The van der Waals surface area contributed by atoms with Crippen LogP contribution < -0.4 is 5.32 Å². The smallest absolute Gasteiger partial charge is 0.408 e. The number of rotatable bonds is 6. The van der Waals surface area contributed by atoms with Crippen molar-refractivity contribution in [3.05, 3.63) is 34.5 Å². The summed E-state index contributed by atoms with van der Waals surface area (Å²) in [5.74, 6) is -1.75. The quantitative estimate of drug-likeness (QED) is 0.498. The molecule has 34 heavy (non-hydrogen) atoms. The number of amides is 1. The topological polar surface area (TPSA) is 145 Å². The molecule has 0 saturated carbocycles. The first kappa shape index (κ1) is 25.1. The van der Waals surface area contributed by atoms with E-state index in [2.05, 4.69) is 20.4 Å². The Hall–Kier alpha value is -3.54. The normalized spacial score (nSPS) is 12.9. The Balaban J connectivity index is 1.81. The summed E-state index contributed by atoms with van der Waals surface area (Å²) in [5, 5.41) is 18.0. The van der Waals surface area contributed by atoms with Crippen molar-refractivity contribution < 1.29 is 29.0 Å². The molecule has 182 valence electrons. The first-order valence-corrected chi connectivity index (χ1v) is 11.3. The van der Waals surface area contributed by atoms with E-state index in [-0.39, 0.29) is 12.1 Å². The van der Waals surface area contributed by atoms with Crippen molar-refractivity contribution in [3.8, 4) is 11.3 Å². The fraction of sp³-hybridized carbons (Fsp3) is 0.455. The van der Waals surface area contributed by atoms with E-state index in [1.165, 1.54) is 21.9 Å². The minimum absolute atomic E-state index is 0.0967. The van der Waals surface area contributed by atoms with Gasteiger partial charge in [0.05, 0.1) is 10.7 Å². The molecule has 1 amide bonds. The van der Waals surface area contributed by atoms with Gasteiger partial charge in [0.1, 0.15) is 17.2 Å². The predicted octanol–water partition coefficient (Wildman–Crippen LogP) is 3.33. The Morgan fingerprint density at radius 2 is 1.82 bits per heavy atom. The lowest BCUT2D eigenvalue weighted by atomic mass is 10.1. The van der Waals surface area contributed by atoms with Crippen molar-refractivity contribution >= 4 is 35.0 Å². The summed E-state index contributed by atoms with van der Waals surface area (Å²) in [6.07, 6.45) is 2.55. The monoisotopic (exact) mass is 489 g/mol.